The predicted molar refractivity (Wildman–Crippen MR) is 62.5 cm³/mol. The van der Waals surface area contributed by atoms with E-state index in [0.29, 0.717) is 0 Å². The van der Waals surface area contributed by atoms with Crippen LogP contribution in [0.3, 0.4) is 0 Å². The zero-order valence-corrected chi connectivity index (χ0v) is 9.63. The first kappa shape index (κ1) is 11.7. The van der Waals surface area contributed by atoms with Gasteiger partial charge in [-0.1, -0.05) is 26.0 Å². The Hall–Kier alpha value is -0.340. The molecule has 2 nitrogen and oxygen atoms in total. The lowest BCUT2D eigenvalue weighted by Gasteiger charge is -2.26. The van der Waals surface area contributed by atoms with Gasteiger partial charge in [0.1, 0.15) is 0 Å². The summed E-state index contributed by atoms with van der Waals surface area (Å²) in [6, 6.07) is 0. The Morgan fingerprint density at radius 1 is 1.43 bits per heavy atom. The maximum atomic E-state index is 3.48. The van der Waals surface area contributed by atoms with Gasteiger partial charge in [0.05, 0.1) is 0 Å². The number of hydrogen-bond donors (Lipinski definition) is 1. The summed E-state index contributed by atoms with van der Waals surface area (Å²) in [7, 11) is 0. The molecule has 0 radical (unpaired) electrons. The molecule has 14 heavy (non-hydrogen) atoms. The summed E-state index contributed by atoms with van der Waals surface area (Å²) in [6.07, 6.45) is 7.04. The van der Waals surface area contributed by atoms with E-state index in [1.807, 2.05) is 0 Å². The molecule has 0 fully saturated rings. The van der Waals surface area contributed by atoms with Crippen molar-refractivity contribution in [1.82, 2.24) is 10.2 Å². The molecule has 82 valence electrons. The Balaban J connectivity index is 2.06. The van der Waals surface area contributed by atoms with E-state index in [2.05, 4.69) is 36.2 Å². The van der Waals surface area contributed by atoms with Crippen LogP contribution in [0.2, 0.25) is 0 Å². The second-order valence-corrected chi connectivity index (χ2v) is 4.33. The lowest BCUT2D eigenvalue weighted by molar-refractivity contribution is 0.253. The molecule has 2 heteroatoms. The van der Waals surface area contributed by atoms with Crippen molar-refractivity contribution in [2.24, 2.45) is 5.92 Å². The topological polar surface area (TPSA) is 15.3 Å². The minimum atomic E-state index is 0.771. The highest BCUT2D eigenvalue weighted by Gasteiger charge is 2.09. The molecular formula is C12H24N2. The van der Waals surface area contributed by atoms with Crippen molar-refractivity contribution in [3.8, 4) is 0 Å². The molecule has 0 aromatic carbocycles. The largest absolute Gasteiger partial charge is 0.316 e. The monoisotopic (exact) mass is 196 g/mol. The first-order chi connectivity index (χ1) is 6.83. The maximum absolute atomic E-state index is 3.48. The zero-order chi connectivity index (χ0) is 10.2. The quantitative estimate of drug-likeness (QED) is 0.515. The van der Waals surface area contributed by atoms with E-state index < -0.39 is 0 Å². The van der Waals surface area contributed by atoms with Crippen LogP contribution in [0, 0.1) is 5.92 Å². The number of nitrogens with one attached hydrogen (secondary N) is 1. The van der Waals surface area contributed by atoms with Crippen LogP contribution in [-0.4, -0.2) is 37.6 Å². The average molecular weight is 196 g/mol. The zero-order valence-electron chi connectivity index (χ0n) is 9.63. The minimum absolute atomic E-state index is 0.771. The molecule has 1 aliphatic rings. The fourth-order valence-electron chi connectivity index (χ4n) is 1.89. The van der Waals surface area contributed by atoms with Gasteiger partial charge in [-0.2, -0.15) is 0 Å². The highest BCUT2D eigenvalue weighted by atomic mass is 15.1. The molecule has 0 saturated heterocycles. The van der Waals surface area contributed by atoms with Crippen molar-refractivity contribution in [1.29, 1.82) is 0 Å². The van der Waals surface area contributed by atoms with E-state index in [0.717, 1.165) is 25.6 Å². The Bertz CT molecular complexity index is 166. The highest BCUT2D eigenvalue weighted by Crippen LogP contribution is 2.04. The first-order valence-electron chi connectivity index (χ1n) is 5.91. The van der Waals surface area contributed by atoms with Crippen molar-refractivity contribution < 1.29 is 0 Å². The van der Waals surface area contributed by atoms with Crippen molar-refractivity contribution in [3.63, 3.8) is 0 Å². The average Bonchev–Trinajstić information content (AvgIpc) is 2.20. The molecule has 1 atom stereocenters. The summed E-state index contributed by atoms with van der Waals surface area (Å²) in [6.45, 7) is 10.5. The van der Waals surface area contributed by atoms with Gasteiger partial charge in [0.2, 0.25) is 0 Å². The highest BCUT2D eigenvalue weighted by molar-refractivity contribution is 4.91. The second kappa shape index (κ2) is 7.02. The van der Waals surface area contributed by atoms with Crippen LogP contribution in [0.1, 0.15) is 26.7 Å². The van der Waals surface area contributed by atoms with Gasteiger partial charge in [-0.3, -0.25) is 4.90 Å². The summed E-state index contributed by atoms with van der Waals surface area (Å²) < 4.78 is 0. The van der Waals surface area contributed by atoms with Crippen molar-refractivity contribution in [3.05, 3.63) is 12.2 Å². The third kappa shape index (κ3) is 4.77. The summed E-state index contributed by atoms with van der Waals surface area (Å²) in [4.78, 5) is 2.54. The van der Waals surface area contributed by atoms with E-state index >= 15 is 0 Å². The first-order valence-corrected chi connectivity index (χ1v) is 5.91. The van der Waals surface area contributed by atoms with E-state index in [9.17, 15) is 0 Å². The van der Waals surface area contributed by atoms with E-state index in [1.165, 1.54) is 25.9 Å². The Labute approximate surface area is 88.4 Å². The van der Waals surface area contributed by atoms with Gasteiger partial charge in [-0.25, -0.2) is 0 Å². The number of hydrogen-bond acceptors (Lipinski definition) is 2. The van der Waals surface area contributed by atoms with Crippen LogP contribution < -0.4 is 5.32 Å². The molecule has 0 aliphatic carbocycles. The molecule has 0 aromatic rings. The minimum Gasteiger partial charge on any atom is -0.316 e. The standard InChI is InChI=1S/C12H24N2/c1-3-7-13-10-12(2)11-14-8-5-4-6-9-14/h4-5,12-13H,3,6-11H2,1-2H3. The fourth-order valence-corrected chi connectivity index (χ4v) is 1.89. The predicted octanol–water partition coefficient (Wildman–Crippen LogP) is 1.88. The van der Waals surface area contributed by atoms with Gasteiger partial charge in [0, 0.05) is 19.6 Å². The number of nitrogens with zero attached hydrogens (tertiary/aromatic N) is 1. The SMILES string of the molecule is CCCNCC(C)CN1CC=CCC1. The molecule has 0 amide bonds. The molecule has 1 unspecified atom stereocenters. The maximum Gasteiger partial charge on any atom is 0.0163 e. The van der Waals surface area contributed by atoms with Crippen LogP contribution in [0.4, 0.5) is 0 Å². The normalized spacial score (nSPS) is 19.9. The molecule has 0 aromatic heterocycles. The Morgan fingerprint density at radius 3 is 2.93 bits per heavy atom. The smallest absolute Gasteiger partial charge is 0.0163 e. The third-order valence-corrected chi connectivity index (χ3v) is 2.63. The van der Waals surface area contributed by atoms with Gasteiger partial charge < -0.3 is 5.32 Å². The third-order valence-electron chi connectivity index (χ3n) is 2.63. The van der Waals surface area contributed by atoms with Gasteiger partial charge in [-0.15, -0.1) is 0 Å². The summed E-state index contributed by atoms with van der Waals surface area (Å²) in [5, 5.41) is 3.48. The lowest BCUT2D eigenvalue weighted by atomic mass is 10.1. The van der Waals surface area contributed by atoms with E-state index in [4.69, 9.17) is 0 Å². The van der Waals surface area contributed by atoms with E-state index in [-0.39, 0.29) is 0 Å². The fraction of sp³-hybridized carbons (Fsp3) is 0.833. The Morgan fingerprint density at radius 2 is 2.29 bits per heavy atom. The van der Waals surface area contributed by atoms with Crippen LogP contribution in [-0.2, 0) is 0 Å². The molecular weight excluding hydrogens is 172 g/mol. The lowest BCUT2D eigenvalue weighted by Crippen LogP contribution is -2.35. The molecule has 0 bridgehead atoms. The van der Waals surface area contributed by atoms with Crippen molar-refractivity contribution in [2.75, 3.05) is 32.7 Å². The summed E-state index contributed by atoms with van der Waals surface area (Å²) in [5.74, 6) is 0.771. The van der Waals surface area contributed by atoms with Gasteiger partial charge in [0.25, 0.3) is 0 Å². The van der Waals surface area contributed by atoms with Gasteiger partial charge in [-0.05, 0) is 31.8 Å². The van der Waals surface area contributed by atoms with Crippen LogP contribution in [0.5, 0.6) is 0 Å². The summed E-state index contributed by atoms with van der Waals surface area (Å²) in [5.41, 5.74) is 0. The summed E-state index contributed by atoms with van der Waals surface area (Å²) >= 11 is 0. The Kier molecular flexibility index (Phi) is 5.88. The molecule has 1 rings (SSSR count). The van der Waals surface area contributed by atoms with Crippen molar-refractivity contribution in [2.45, 2.75) is 26.7 Å². The molecule has 0 saturated carbocycles. The number of rotatable bonds is 6. The van der Waals surface area contributed by atoms with Crippen LogP contribution in [0.25, 0.3) is 0 Å². The molecule has 1 heterocycles. The van der Waals surface area contributed by atoms with Crippen molar-refractivity contribution >= 4 is 0 Å². The van der Waals surface area contributed by atoms with Gasteiger partial charge >= 0.3 is 0 Å². The molecule has 0 spiro atoms. The molecule has 1 N–H and O–H groups in total. The molecule has 1 aliphatic heterocycles. The van der Waals surface area contributed by atoms with Crippen LogP contribution in [0.15, 0.2) is 12.2 Å². The van der Waals surface area contributed by atoms with E-state index in [1.54, 1.807) is 0 Å². The van der Waals surface area contributed by atoms with Crippen LogP contribution >= 0.6 is 0 Å². The second-order valence-electron chi connectivity index (χ2n) is 4.33. The van der Waals surface area contributed by atoms with Gasteiger partial charge in [0.15, 0.2) is 0 Å².